The average Bonchev–Trinajstić information content (AvgIpc) is 2.77. The molecule has 0 saturated heterocycles. The highest BCUT2D eigenvalue weighted by molar-refractivity contribution is 5.95. The molecule has 7 nitrogen and oxygen atoms in total. The number of carbonyl (C=O) groups is 1. The van der Waals surface area contributed by atoms with Crippen molar-refractivity contribution in [2.45, 2.75) is 37.5 Å². The Balaban J connectivity index is 1.80. The number of ether oxygens (including phenoxy) is 2. The van der Waals surface area contributed by atoms with Crippen LogP contribution in [-0.4, -0.2) is 31.6 Å². The SMILES string of the molecule is COc1ccc(C2(CNC(=O)c3ccc(OC)c([N+](=O)[O-])c3)CCCCC2)cc1. The Hall–Kier alpha value is -3.09. The highest BCUT2D eigenvalue weighted by atomic mass is 16.6. The van der Waals surface area contributed by atoms with E-state index >= 15 is 0 Å². The molecule has 29 heavy (non-hydrogen) atoms. The third kappa shape index (κ3) is 4.50. The topological polar surface area (TPSA) is 90.7 Å². The summed E-state index contributed by atoms with van der Waals surface area (Å²) in [6.07, 6.45) is 5.38. The van der Waals surface area contributed by atoms with Crippen molar-refractivity contribution in [1.82, 2.24) is 5.32 Å². The van der Waals surface area contributed by atoms with Crippen molar-refractivity contribution in [3.8, 4) is 11.5 Å². The maximum atomic E-state index is 12.7. The van der Waals surface area contributed by atoms with Crippen LogP contribution in [0.3, 0.4) is 0 Å². The van der Waals surface area contributed by atoms with Crippen molar-refractivity contribution in [1.29, 1.82) is 0 Å². The maximum Gasteiger partial charge on any atom is 0.311 e. The molecule has 0 aromatic heterocycles. The van der Waals surface area contributed by atoms with Gasteiger partial charge < -0.3 is 14.8 Å². The summed E-state index contributed by atoms with van der Waals surface area (Å²) in [5.41, 5.74) is 1.07. The minimum absolute atomic E-state index is 0.133. The molecule has 1 amide bonds. The first-order chi connectivity index (χ1) is 14.0. The summed E-state index contributed by atoms with van der Waals surface area (Å²) >= 11 is 0. The van der Waals surface area contributed by atoms with E-state index in [1.165, 1.54) is 31.2 Å². The van der Waals surface area contributed by atoms with E-state index in [9.17, 15) is 14.9 Å². The van der Waals surface area contributed by atoms with Gasteiger partial charge in [0.1, 0.15) is 5.75 Å². The molecular weight excluding hydrogens is 372 g/mol. The normalized spacial score (nSPS) is 15.4. The van der Waals surface area contributed by atoms with E-state index in [0.29, 0.717) is 6.54 Å². The fourth-order valence-corrected chi connectivity index (χ4v) is 4.07. The zero-order valence-corrected chi connectivity index (χ0v) is 16.8. The minimum Gasteiger partial charge on any atom is -0.497 e. The molecular formula is C22H26N2O5. The maximum absolute atomic E-state index is 12.7. The first-order valence-electron chi connectivity index (χ1n) is 9.74. The monoisotopic (exact) mass is 398 g/mol. The Labute approximate surface area is 170 Å². The molecule has 1 saturated carbocycles. The van der Waals surface area contributed by atoms with Crippen molar-refractivity contribution in [3.63, 3.8) is 0 Å². The molecule has 0 spiro atoms. The molecule has 1 aliphatic rings. The molecule has 1 aliphatic carbocycles. The number of nitrogens with zero attached hydrogens (tertiary/aromatic N) is 1. The first kappa shape index (κ1) is 20.6. The largest absolute Gasteiger partial charge is 0.497 e. The number of amides is 1. The number of methoxy groups -OCH3 is 2. The van der Waals surface area contributed by atoms with Gasteiger partial charge in [-0.3, -0.25) is 14.9 Å². The second kappa shape index (κ2) is 8.94. The second-order valence-corrected chi connectivity index (χ2v) is 7.40. The van der Waals surface area contributed by atoms with Crippen LogP contribution in [0, 0.1) is 10.1 Å². The van der Waals surface area contributed by atoms with Crippen LogP contribution >= 0.6 is 0 Å². The fourth-order valence-electron chi connectivity index (χ4n) is 4.07. The molecule has 154 valence electrons. The van der Waals surface area contributed by atoms with Crippen molar-refractivity contribution < 1.29 is 19.2 Å². The van der Waals surface area contributed by atoms with Crippen molar-refractivity contribution in [2.24, 2.45) is 0 Å². The predicted molar refractivity (Wildman–Crippen MR) is 110 cm³/mol. The van der Waals surface area contributed by atoms with E-state index in [0.717, 1.165) is 31.4 Å². The van der Waals surface area contributed by atoms with Crippen LogP contribution in [0.1, 0.15) is 48.0 Å². The van der Waals surface area contributed by atoms with Gasteiger partial charge in [0.15, 0.2) is 5.75 Å². The summed E-state index contributed by atoms with van der Waals surface area (Å²) in [6.45, 7) is 0.484. The van der Waals surface area contributed by atoms with Gasteiger partial charge in [-0.2, -0.15) is 0 Å². The van der Waals surface area contributed by atoms with Crippen LogP contribution in [0.5, 0.6) is 11.5 Å². The molecule has 0 radical (unpaired) electrons. The molecule has 0 unspecified atom stereocenters. The smallest absolute Gasteiger partial charge is 0.311 e. The van der Waals surface area contributed by atoms with Crippen LogP contribution < -0.4 is 14.8 Å². The summed E-state index contributed by atoms with van der Waals surface area (Å²) in [4.78, 5) is 23.4. The van der Waals surface area contributed by atoms with Crippen LogP contribution in [0.4, 0.5) is 5.69 Å². The number of carbonyl (C=O) groups excluding carboxylic acids is 1. The second-order valence-electron chi connectivity index (χ2n) is 7.40. The molecule has 0 atom stereocenters. The van der Waals surface area contributed by atoms with Crippen molar-refractivity contribution in [3.05, 3.63) is 63.7 Å². The fraction of sp³-hybridized carbons (Fsp3) is 0.409. The quantitative estimate of drug-likeness (QED) is 0.556. The average molecular weight is 398 g/mol. The van der Waals surface area contributed by atoms with E-state index in [1.54, 1.807) is 13.2 Å². The molecule has 0 heterocycles. The highest BCUT2D eigenvalue weighted by Gasteiger charge is 2.34. The lowest BCUT2D eigenvalue weighted by molar-refractivity contribution is -0.385. The van der Waals surface area contributed by atoms with Gasteiger partial charge in [0, 0.05) is 23.6 Å². The number of benzene rings is 2. The Morgan fingerprint density at radius 2 is 1.76 bits per heavy atom. The molecule has 2 aromatic carbocycles. The summed E-state index contributed by atoms with van der Waals surface area (Å²) in [7, 11) is 3.00. The Kier molecular flexibility index (Phi) is 6.36. The molecule has 2 aromatic rings. The van der Waals surface area contributed by atoms with Crippen LogP contribution in [0.15, 0.2) is 42.5 Å². The van der Waals surface area contributed by atoms with Gasteiger partial charge in [-0.15, -0.1) is 0 Å². The molecule has 3 rings (SSSR count). The van der Waals surface area contributed by atoms with E-state index in [1.807, 2.05) is 12.1 Å². The van der Waals surface area contributed by atoms with E-state index in [4.69, 9.17) is 9.47 Å². The predicted octanol–water partition coefficient (Wildman–Crippen LogP) is 4.24. The zero-order valence-electron chi connectivity index (χ0n) is 16.8. The lowest BCUT2D eigenvalue weighted by Gasteiger charge is -2.38. The molecule has 0 bridgehead atoms. The number of hydrogen-bond donors (Lipinski definition) is 1. The van der Waals surface area contributed by atoms with Crippen molar-refractivity contribution in [2.75, 3.05) is 20.8 Å². The zero-order chi connectivity index (χ0) is 20.9. The number of nitro groups is 1. The van der Waals surface area contributed by atoms with Gasteiger partial charge in [0.2, 0.25) is 0 Å². The Bertz CT molecular complexity index is 873. The minimum atomic E-state index is -0.546. The third-order valence-electron chi connectivity index (χ3n) is 5.74. The van der Waals surface area contributed by atoms with E-state index in [-0.39, 0.29) is 28.3 Å². The van der Waals surface area contributed by atoms with Crippen LogP contribution in [0.25, 0.3) is 0 Å². The molecule has 1 N–H and O–H groups in total. The summed E-state index contributed by atoms with van der Waals surface area (Å²) in [5, 5.41) is 14.2. The van der Waals surface area contributed by atoms with E-state index in [2.05, 4.69) is 17.4 Å². The number of nitro benzene ring substituents is 1. The molecule has 7 heteroatoms. The Morgan fingerprint density at radius 1 is 1.07 bits per heavy atom. The van der Waals surface area contributed by atoms with Crippen LogP contribution in [0.2, 0.25) is 0 Å². The molecule has 1 fully saturated rings. The number of hydrogen-bond acceptors (Lipinski definition) is 5. The van der Waals surface area contributed by atoms with Gasteiger partial charge in [-0.05, 0) is 42.7 Å². The number of rotatable bonds is 7. The van der Waals surface area contributed by atoms with Gasteiger partial charge in [0.05, 0.1) is 19.1 Å². The van der Waals surface area contributed by atoms with E-state index < -0.39 is 4.92 Å². The lowest BCUT2D eigenvalue weighted by Crippen LogP contribution is -2.42. The van der Waals surface area contributed by atoms with Gasteiger partial charge >= 0.3 is 5.69 Å². The summed E-state index contributed by atoms with van der Waals surface area (Å²) < 4.78 is 10.3. The van der Waals surface area contributed by atoms with Gasteiger partial charge in [-0.1, -0.05) is 31.4 Å². The van der Waals surface area contributed by atoms with Crippen LogP contribution in [-0.2, 0) is 5.41 Å². The first-order valence-corrected chi connectivity index (χ1v) is 9.74. The lowest BCUT2D eigenvalue weighted by atomic mass is 9.69. The van der Waals surface area contributed by atoms with Gasteiger partial charge in [-0.25, -0.2) is 0 Å². The Morgan fingerprint density at radius 3 is 2.34 bits per heavy atom. The number of nitrogens with one attached hydrogen (secondary N) is 1. The highest BCUT2D eigenvalue weighted by Crippen LogP contribution is 2.39. The summed E-state index contributed by atoms with van der Waals surface area (Å²) in [6, 6.07) is 12.3. The summed E-state index contributed by atoms with van der Waals surface area (Å²) in [5.74, 6) is 0.608. The third-order valence-corrected chi connectivity index (χ3v) is 5.74. The van der Waals surface area contributed by atoms with Gasteiger partial charge in [0.25, 0.3) is 5.91 Å². The molecule has 0 aliphatic heterocycles. The van der Waals surface area contributed by atoms with Crippen molar-refractivity contribution >= 4 is 11.6 Å². The standard InChI is InChI=1S/C22H26N2O5/c1-28-18-9-7-17(8-10-18)22(12-4-3-5-13-22)15-23-21(25)16-6-11-20(29-2)19(14-16)24(26)27/h6-11,14H,3-5,12-13,15H2,1-2H3,(H,23,25).